The predicted molar refractivity (Wildman–Crippen MR) is 108 cm³/mol. The molecule has 1 aliphatic rings. The number of hydrogen-bond acceptors (Lipinski definition) is 4. The number of nitrogens with zero attached hydrogens (tertiary/aromatic N) is 3. The quantitative estimate of drug-likeness (QED) is 0.563. The normalized spacial score (nSPS) is 13.1. The van der Waals surface area contributed by atoms with E-state index in [9.17, 15) is 23.9 Å². The Labute approximate surface area is 206 Å². The summed E-state index contributed by atoms with van der Waals surface area (Å²) in [4.78, 5) is 41.4. The fraction of sp³-hybridized carbons (Fsp3) is 0.381. The molecule has 0 bridgehead atoms. The zero-order valence-electron chi connectivity index (χ0n) is 18.2. The summed E-state index contributed by atoms with van der Waals surface area (Å²) in [6.45, 7) is 3.75. The first-order valence-corrected chi connectivity index (χ1v) is 9.85. The Morgan fingerprint density at radius 2 is 1.94 bits per heavy atom. The zero-order valence-corrected chi connectivity index (χ0v) is 20.9. The number of hydrogen-bond donors (Lipinski definition) is 0. The molecule has 0 fully saturated rings. The van der Waals surface area contributed by atoms with Crippen LogP contribution in [-0.2, 0) is 13.0 Å². The fourth-order valence-corrected chi connectivity index (χ4v) is 3.84. The molecular weight excluding hydrogens is 436 g/mol. The molecule has 1 aromatic heterocycles. The molecule has 0 aliphatic carbocycles. The van der Waals surface area contributed by atoms with E-state index in [2.05, 4.69) is 0 Å². The summed E-state index contributed by atoms with van der Waals surface area (Å²) < 4.78 is 14.6. The minimum absolute atomic E-state index is 0. The van der Waals surface area contributed by atoms with Gasteiger partial charge in [0.1, 0.15) is 11.5 Å². The molecule has 7 nitrogen and oxygen atoms in total. The maximum Gasteiger partial charge on any atom is 1.00 e. The third-order valence-electron chi connectivity index (χ3n) is 5.08. The maximum atomic E-state index is 13.4. The molecule has 0 saturated carbocycles. The number of amides is 2. The van der Waals surface area contributed by atoms with Crippen LogP contribution in [0.3, 0.4) is 0 Å². The first kappa shape index (κ1) is 25.4. The summed E-state index contributed by atoms with van der Waals surface area (Å²) in [5.74, 6) is -2.55. The first-order valence-electron chi connectivity index (χ1n) is 9.47. The van der Waals surface area contributed by atoms with Crippen molar-refractivity contribution in [2.75, 3.05) is 20.6 Å². The van der Waals surface area contributed by atoms with Gasteiger partial charge in [0.2, 0.25) is 5.56 Å². The molecule has 2 aromatic rings. The number of aromatic nitrogens is 1. The van der Waals surface area contributed by atoms with Crippen LogP contribution in [0.1, 0.15) is 51.9 Å². The molecular formula is C21H22ClFN3NaO4. The van der Waals surface area contributed by atoms with Crippen molar-refractivity contribution in [2.24, 2.45) is 0 Å². The minimum Gasteiger partial charge on any atom is -0.868 e. The van der Waals surface area contributed by atoms with E-state index in [4.69, 9.17) is 11.6 Å². The van der Waals surface area contributed by atoms with Crippen molar-refractivity contribution in [3.05, 3.63) is 61.8 Å². The Hall–Kier alpha value is -1.87. The second-order valence-corrected chi connectivity index (χ2v) is 8.13. The molecule has 0 saturated heterocycles. The summed E-state index contributed by atoms with van der Waals surface area (Å²) in [5.41, 5.74) is -0.195. The van der Waals surface area contributed by atoms with Crippen LogP contribution in [0.25, 0.3) is 0 Å². The van der Waals surface area contributed by atoms with Gasteiger partial charge in [-0.2, -0.15) is 0 Å². The van der Waals surface area contributed by atoms with Crippen LogP contribution in [0.4, 0.5) is 4.39 Å². The van der Waals surface area contributed by atoms with E-state index in [0.29, 0.717) is 11.1 Å². The van der Waals surface area contributed by atoms with Crippen molar-refractivity contribution >= 4 is 23.4 Å². The number of rotatable bonds is 4. The van der Waals surface area contributed by atoms with E-state index in [1.54, 1.807) is 27.9 Å². The van der Waals surface area contributed by atoms with Crippen molar-refractivity contribution < 1.29 is 48.6 Å². The van der Waals surface area contributed by atoms with Gasteiger partial charge >= 0.3 is 29.6 Å². The summed E-state index contributed by atoms with van der Waals surface area (Å²) in [6.07, 6.45) is 0.243. The van der Waals surface area contributed by atoms with Gasteiger partial charge in [-0.3, -0.25) is 14.4 Å². The Kier molecular flexibility index (Phi) is 7.97. The van der Waals surface area contributed by atoms with E-state index in [1.807, 2.05) is 0 Å². The molecule has 31 heavy (non-hydrogen) atoms. The number of benzene rings is 1. The van der Waals surface area contributed by atoms with Crippen LogP contribution in [0, 0.1) is 5.82 Å². The Balaban J connectivity index is 0.00000341. The van der Waals surface area contributed by atoms with E-state index in [1.165, 1.54) is 32.6 Å². The van der Waals surface area contributed by atoms with Crippen molar-refractivity contribution in [1.29, 1.82) is 0 Å². The molecule has 1 aromatic carbocycles. The summed E-state index contributed by atoms with van der Waals surface area (Å²) in [5, 5.41) is 12.7. The van der Waals surface area contributed by atoms with E-state index < -0.39 is 35.0 Å². The monoisotopic (exact) mass is 457 g/mol. The van der Waals surface area contributed by atoms with Gasteiger partial charge in [0.05, 0.1) is 5.02 Å². The average molecular weight is 458 g/mol. The van der Waals surface area contributed by atoms with Crippen molar-refractivity contribution in [2.45, 2.75) is 32.9 Å². The molecule has 0 radical (unpaired) electrons. The molecule has 10 heteroatoms. The fourth-order valence-electron chi connectivity index (χ4n) is 3.64. The average Bonchev–Trinajstić information content (AvgIpc) is 2.68. The van der Waals surface area contributed by atoms with Crippen LogP contribution in [0.5, 0.6) is 5.75 Å². The van der Waals surface area contributed by atoms with Gasteiger partial charge in [-0.25, -0.2) is 4.39 Å². The van der Waals surface area contributed by atoms with Crippen molar-refractivity contribution in [3.63, 3.8) is 0 Å². The van der Waals surface area contributed by atoms with Crippen LogP contribution >= 0.6 is 11.6 Å². The zero-order chi connectivity index (χ0) is 22.3. The van der Waals surface area contributed by atoms with Gasteiger partial charge in [-0.1, -0.05) is 17.7 Å². The molecule has 0 unspecified atom stereocenters. The maximum absolute atomic E-state index is 13.4. The summed E-state index contributed by atoms with van der Waals surface area (Å²) in [6, 6.07) is 3.69. The molecule has 0 N–H and O–H groups in total. The summed E-state index contributed by atoms with van der Waals surface area (Å²) in [7, 11) is 3.09. The Morgan fingerprint density at radius 1 is 1.29 bits per heavy atom. The SMILES string of the molecule is CC(C)n1c(C(=O)N(C)C)c2c(c([O-])c1=O)C(=O)N(Cc1ccc(F)c(Cl)c1)CC2.[Na+]. The van der Waals surface area contributed by atoms with Crippen LogP contribution in [0.2, 0.25) is 5.02 Å². The van der Waals surface area contributed by atoms with Crippen LogP contribution in [0.15, 0.2) is 23.0 Å². The first-order chi connectivity index (χ1) is 14.0. The van der Waals surface area contributed by atoms with Crippen LogP contribution < -0.4 is 40.2 Å². The minimum atomic E-state index is -0.916. The number of carbonyl (C=O) groups excluding carboxylic acids is 2. The van der Waals surface area contributed by atoms with Gasteiger partial charge in [-0.15, -0.1) is 0 Å². The van der Waals surface area contributed by atoms with E-state index >= 15 is 0 Å². The smallest absolute Gasteiger partial charge is 0.868 e. The third kappa shape index (κ3) is 4.67. The molecule has 2 heterocycles. The molecule has 0 atom stereocenters. The standard InChI is InChI=1S/C21H23ClFN3O4.Na/c1-11(2)26-17(20(29)24(3)4)13-7-8-25(19(28)16(13)18(27)21(26)30)10-12-5-6-15(23)14(22)9-12;/h5-6,9,11,27H,7-8,10H2,1-4H3;/q;+1/p-1. The van der Waals surface area contributed by atoms with Gasteiger partial charge in [0, 0.05) is 38.8 Å². The van der Waals surface area contributed by atoms with Gasteiger partial charge in [0.15, 0.2) is 0 Å². The third-order valence-corrected chi connectivity index (χ3v) is 5.37. The number of fused-ring (bicyclic) bond motifs is 1. The van der Waals surface area contributed by atoms with Crippen LogP contribution in [-0.4, -0.2) is 46.8 Å². The number of carbonyl (C=O) groups is 2. The molecule has 1 aliphatic heterocycles. The molecule has 3 rings (SSSR count). The van der Waals surface area contributed by atoms with Crippen molar-refractivity contribution in [1.82, 2.24) is 14.4 Å². The van der Waals surface area contributed by atoms with E-state index in [-0.39, 0.29) is 65.3 Å². The number of halogens is 2. The topological polar surface area (TPSA) is 85.7 Å². The van der Waals surface area contributed by atoms with Gasteiger partial charge in [-0.05, 0) is 49.3 Å². The molecule has 0 spiro atoms. The summed E-state index contributed by atoms with van der Waals surface area (Å²) >= 11 is 5.81. The predicted octanol–water partition coefficient (Wildman–Crippen LogP) is -0.800. The van der Waals surface area contributed by atoms with E-state index in [0.717, 1.165) is 0 Å². The van der Waals surface area contributed by atoms with Gasteiger partial charge < -0.3 is 19.5 Å². The molecule has 2 amide bonds. The molecule has 160 valence electrons. The Bertz CT molecular complexity index is 1100. The Morgan fingerprint density at radius 3 is 2.48 bits per heavy atom. The second kappa shape index (κ2) is 9.73. The van der Waals surface area contributed by atoms with Crippen molar-refractivity contribution in [3.8, 4) is 5.75 Å². The van der Waals surface area contributed by atoms with Gasteiger partial charge in [0.25, 0.3) is 11.8 Å². The number of pyridine rings is 1. The largest absolute Gasteiger partial charge is 1.00 e. The second-order valence-electron chi connectivity index (χ2n) is 7.72.